The van der Waals surface area contributed by atoms with Crippen molar-refractivity contribution in [2.75, 3.05) is 0 Å². The average molecular weight is 178 g/mol. The van der Waals surface area contributed by atoms with Crippen molar-refractivity contribution in [3.05, 3.63) is 29.6 Å². The van der Waals surface area contributed by atoms with Gasteiger partial charge in [0.25, 0.3) is 0 Å². The standard InChI is InChI=1S/C10H14N2O/c11-9(7-3-4-7)10-8(6-13)2-1-5-12-10/h1-2,5,7,9,13H,3-4,6,11H2/t9-/m0/s1. The van der Waals surface area contributed by atoms with Gasteiger partial charge in [0.05, 0.1) is 18.3 Å². The summed E-state index contributed by atoms with van der Waals surface area (Å²) < 4.78 is 0. The van der Waals surface area contributed by atoms with Crippen LogP contribution in [0.25, 0.3) is 0 Å². The zero-order chi connectivity index (χ0) is 9.26. The molecule has 70 valence electrons. The van der Waals surface area contributed by atoms with E-state index in [1.54, 1.807) is 6.20 Å². The fourth-order valence-electron chi connectivity index (χ4n) is 1.56. The van der Waals surface area contributed by atoms with Gasteiger partial charge in [0.1, 0.15) is 0 Å². The van der Waals surface area contributed by atoms with E-state index in [2.05, 4.69) is 4.98 Å². The van der Waals surface area contributed by atoms with Crippen LogP contribution >= 0.6 is 0 Å². The van der Waals surface area contributed by atoms with Gasteiger partial charge in [-0.1, -0.05) is 6.07 Å². The summed E-state index contributed by atoms with van der Waals surface area (Å²) in [6.07, 6.45) is 4.13. The van der Waals surface area contributed by atoms with Gasteiger partial charge in [0.15, 0.2) is 0 Å². The van der Waals surface area contributed by atoms with E-state index in [9.17, 15) is 0 Å². The van der Waals surface area contributed by atoms with Crippen molar-refractivity contribution in [1.29, 1.82) is 0 Å². The highest BCUT2D eigenvalue weighted by atomic mass is 16.3. The summed E-state index contributed by atoms with van der Waals surface area (Å²) >= 11 is 0. The van der Waals surface area contributed by atoms with E-state index in [0.717, 1.165) is 11.3 Å². The van der Waals surface area contributed by atoms with E-state index >= 15 is 0 Å². The fourth-order valence-corrected chi connectivity index (χ4v) is 1.56. The van der Waals surface area contributed by atoms with Crippen LogP contribution in [0.4, 0.5) is 0 Å². The van der Waals surface area contributed by atoms with Crippen molar-refractivity contribution in [2.24, 2.45) is 11.7 Å². The molecule has 3 heteroatoms. The van der Waals surface area contributed by atoms with Crippen molar-refractivity contribution in [2.45, 2.75) is 25.5 Å². The summed E-state index contributed by atoms with van der Waals surface area (Å²) in [5.74, 6) is 0.584. The number of nitrogens with zero attached hydrogens (tertiary/aromatic N) is 1. The Bertz CT molecular complexity index is 297. The third-order valence-electron chi connectivity index (χ3n) is 2.54. The summed E-state index contributed by atoms with van der Waals surface area (Å²) in [6.45, 7) is 0.0313. The number of rotatable bonds is 3. The quantitative estimate of drug-likeness (QED) is 0.725. The number of aromatic nitrogens is 1. The lowest BCUT2D eigenvalue weighted by Crippen LogP contribution is -2.16. The second-order valence-electron chi connectivity index (χ2n) is 3.57. The lowest BCUT2D eigenvalue weighted by Gasteiger charge is -2.12. The molecule has 0 aliphatic heterocycles. The van der Waals surface area contributed by atoms with Crippen molar-refractivity contribution in [3.8, 4) is 0 Å². The van der Waals surface area contributed by atoms with E-state index in [1.807, 2.05) is 12.1 Å². The average Bonchev–Trinajstić information content (AvgIpc) is 3.00. The zero-order valence-electron chi connectivity index (χ0n) is 7.48. The molecular formula is C10H14N2O. The van der Waals surface area contributed by atoms with Crippen LogP contribution in [-0.2, 0) is 6.61 Å². The predicted molar refractivity (Wildman–Crippen MR) is 49.8 cm³/mol. The molecule has 1 aromatic rings. The van der Waals surface area contributed by atoms with Crippen LogP contribution in [0.3, 0.4) is 0 Å². The molecule has 0 spiro atoms. The minimum atomic E-state index is 0.0170. The Morgan fingerprint density at radius 2 is 2.38 bits per heavy atom. The first-order valence-electron chi connectivity index (χ1n) is 4.63. The van der Waals surface area contributed by atoms with Crippen LogP contribution in [0, 0.1) is 5.92 Å². The number of hydrogen-bond donors (Lipinski definition) is 2. The van der Waals surface area contributed by atoms with Crippen LogP contribution in [0.15, 0.2) is 18.3 Å². The summed E-state index contributed by atoms with van der Waals surface area (Å²) in [4.78, 5) is 4.23. The van der Waals surface area contributed by atoms with Crippen LogP contribution in [0.5, 0.6) is 0 Å². The summed E-state index contributed by atoms with van der Waals surface area (Å²) in [5, 5.41) is 9.07. The Hall–Kier alpha value is -0.930. The Kier molecular flexibility index (Phi) is 2.29. The third-order valence-corrected chi connectivity index (χ3v) is 2.54. The fraction of sp³-hybridized carbons (Fsp3) is 0.500. The maximum absolute atomic E-state index is 9.07. The first-order valence-corrected chi connectivity index (χ1v) is 4.63. The maximum Gasteiger partial charge on any atom is 0.0700 e. The Labute approximate surface area is 77.6 Å². The van der Waals surface area contributed by atoms with Crippen molar-refractivity contribution < 1.29 is 5.11 Å². The molecule has 0 unspecified atom stereocenters. The molecule has 0 bridgehead atoms. The van der Waals surface area contributed by atoms with Crippen LogP contribution in [-0.4, -0.2) is 10.1 Å². The molecule has 3 nitrogen and oxygen atoms in total. The number of hydrogen-bond acceptors (Lipinski definition) is 3. The summed E-state index contributed by atoms with van der Waals surface area (Å²) in [6, 6.07) is 3.72. The molecule has 1 aliphatic rings. The molecule has 2 rings (SSSR count). The van der Waals surface area contributed by atoms with Gasteiger partial charge in [-0.3, -0.25) is 4.98 Å². The van der Waals surface area contributed by atoms with E-state index < -0.39 is 0 Å². The van der Waals surface area contributed by atoms with E-state index in [-0.39, 0.29) is 12.6 Å². The Balaban J connectivity index is 2.26. The van der Waals surface area contributed by atoms with E-state index in [0.29, 0.717) is 5.92 Å². The smallest absolute Gasteiger partial charge is 0.0700 e. The van der Waals surface area contributed by atoms with Gasteiger partial charge < -0.3 is 10.8 Å². The third kappa shape index (κ3) is 1.71. The monoisotopic (exact) mass is 178 g/mol. The number of aliphatic hydroxyl groups excluding tert-OH is 1. The molecule has 1 heterocycles. The van der Waals surface area contributed by atoms with Crippen LogP contribution in [0.2, 0.25) is 0 Å². The lowest BCUT2D eigenvalue weighted by molar-refractivity contribution is 0.278. The molecule has 0 radical (unpaired) electrons. The summed E-state index contributed by atoms with van der Waals surface area (Å²) in [7, 11) is 0. The summed E-state index contributed by atoms with van der Waals surface area (Å²) in [5.41, 5.74) is 7.73. The maximum atomic E-state index is 9.07. The highest BCUT2D eigenvalue weighted by molar-refractivity contribution is 5.23. The highest BCUT2D eigenvalue weighted by Gasteiger charge is 2.31. The minimum absolute atomic E-state index is 0.0170. The molecule has 1 saturated carbocycles. The lowest BCUT2D eigenvalue weighted by atomic mass is 10.0. The predicted octanol–water partition coefficient (Wildman–Crippen LogP) is 0.984. The molecule has 3 N–H and O–H groups in total. The van der Waals surface area contributed by atoms with Gasteiger partial charge in [-0.15, -0.1) is 0 Å². The Morgan fingerprint density at radius 1 is 1.62 bits per heavy atom. The van der Waals surface area contributed by atoms with Gasteiger partial charge in [0.2, 0.25) is 0 Å². The van der Waals surface area contributed by atoms with E-state index in [1.165, 1.54) is 12.8 Å². The normalized spacial score (nSPS) is 18.6. The molecule has 1 aromatic heterocycles. The van der Waals surface area contributed by atoms with Crippen molar-refractivity contribution in [1.82, 2.24) is 4.98 Å². The topological polar surface area (TPSA) is 59.1 Å². The first-order chi connectivity index (χ1) is 6.33. The molecular weight excluding hydrogens is 164 g/mol. The van der Waals surface area contributed by atoms with Crippen LogP contribution in [0.1, 0.15) is 30.1 Å². The molecule has 1 fully saturated rings. The molecule has 1 atom stereocenters. The van der Waals surface area contributed by atoms with Crippen LogP contribution < -0.4 is 5.73 Å². The zero-order valence-corrected chi connectivity index (χ0v) is 7.48. The molecule has 1 aliphatic carbocycles. The molecule has 0 saturated heterocycles. The minimum Gasteiger partial charge on any atom is -0.392 e. The van der Waals surface area contributed by atoms with Crippen molar-refractivity contribution in [3.63, 3.8) is 0 Å². The van der Waals surface area contributed by atoms with Gasteiger partial charge in [-0.2, -0.15) is 0 Å². The second-order valence-corrected chi connectivity index (χ2v) is 3.57. The second kappa shape index (κ2) is 3.44. The van der Waals surface area contributed by atoms with Crippen molar-refractivity contribution >= 4 is 0 Å². The largest absolute Gasteiger partial charge is 0.392 e. The first kappa shape index (κ1) is 8.66. The number of aliphatic hydroxyl groups is 1. The SMILES string of the molecule is N[C@H](c1ncccc1CO)C1CC1. The molecule has 0 amide bonds. The number of pyridine rings is 1. The van der Waals surface area contributed by atoms with Gasteiger partial charge in [-0.05, 0) is 24.8 Å². The van der Waals surface area contributed by atoms with Gasteiger partial charge >= 0.3 is 0 Å². The van der Waals surface area contributed by atoms with E-state index in [4.69, 9.17) is 10.8 Å². The molecule has 0 aromatic carbocycles. The van der Waals surface area contributed by atoms with Gasteiger partial charge in [0, 0.05) is 11.8 Å². The van der Waals surface area contributed by atoms with Gasteiger partial charge in [-0.25, -0.2) is 0 Å². The number of nitrogens with two attached hydrogens (primary N) is 1. The Morgan fingerprint density at radius 3 is 3.00 bits per heavy atom. The highest BCUT2D eigenvalue weighted by Crippen LogP contribution is 2.39. The molecule has 13 heavy (non-hydrogen) atoms.